The molecule has 0 saturated heterocycles. The molecule has 0 saturated carbocycles. The largest absolute Gasteiger partial charge is 0.374 e. The van der Waals surface area contributed by atoms with E-state index in [2.05, 4.69) is 17.1 Å². The van der Waals surface area contributed by atoms with Crippen molar-refractivity contribution >= 4 is 16.5 Å². The summed E-state index contributed by atoms with van der Waals surface area (Å²) in [7, 11) is 0. The fourth-order valence-electron chi connectivity index (χ4n) is 0.656. The third-order valence-electron chi connectivity index (χ3n) is 1.55. The van der Waals surface area contributed by atoms with Crippen LogP contribution in [0.2, 0.25) is 0 Å². The zero-order valence-electron chi connectivity index (χ0n) is 7.28. The van der Waals surface area contributed by atoms with E-state index >= 15 is 0 Å². The van der Waals surface area contributed by atoms with Crippen molar-refractivity contribution in [2.24, 2.45) is 0 Å². The van der Waals surface area contributed by atoms with E-state index in [1.54, 1.807) is 0 Å². The second kappa shape index (κ2) is 4.37. The molecule has 2 N–H and O–H groups in total. The van der Waals surface area contributed by atoms with Crippen molar-refractivity contribution in [3.8, 4) is 0 Å². The first-order valence-corrected chi connectivity index (χ1v) is 4.73. The van der Waals surface area contributed by atoms with Crippen molar-refractivity contribution in [1.29, 1.82) is 0 Å². The number of nitrogens with zero attached hydrogens (tertiary/aromatic N) is 2. The van der Waals surface area contributed by atoms with Crippen LogP contribution in [0.3, 0.4) is 0 Å². The summed E-state index contributed by atoms with van der Waals surface area (Å²) in [6, 6.07) is 0. The van der Waals surface area contributed by atoms with Crippen LogP contribution in [-0.4, -0.2) is 16.3 Å². The van der Waals surface area contributed by atoms with Crippen LogP contribution in [0.4, 0.5) is 5.13 Å². The normalized spacial score (nSPS) is 13.2. The lowest BCUT2D eigenvalue weighted by molar-refractivity contribution is 0.0504. The van der Waals surface area contributed by atoms with Crippen molar-refractivity contribution in [3.05, 3.63) is 5.01 Å². The number of anilines is 1. The van der Waals surface area contributed by atoms with Gasteiger partial charge in [-0.15, -0.1) is 10.2 Å². The highest BCUT2D eigenvalue weighted by molar-refractivity contribution is 7.15. The van der Waals surface area contributed by atoms with Crippen LogP contribution in [0.25, 0.3) is 0 Å². The lowest BCUT2D eigenvalue weighted by Crippen LogP contribution is -2.05. The molecule has 1 heterocycles. The van der Waals surface area contributed by atoms with Gasteiger partial charge in [-0.25, -0.2) is 0 Å². The van der Waals surface area contributed by atoms with Gasteiger partial charge >= 0.3 is 0 Å². The molecule has 0 aromatic carbocycles. The van der Waals surface area contributed by atoms with Gasteiger partial charge in [0.05, 0.1) is 6.10 Å². The number of hydrogen-bond acceptors (Lipinski definition) is 5. The highest BCUT2D eigenvalue weighted by Crippen LogP contribution is 2.12. The van der Waals surface area contributed by atoms with Crippen LogP contribution in [-0.2, 0) is 11.3 Å². The average Bonchev–Trinajstić information content (AvgIpc) is 2.47. The van der Waals surface area contributed by atoms with E-state index < -0.39 is 0 Å². The molecule has 0 aliphatic heterocycles. The van der Waals surface area contributed by atoms with Gasteiger partial charge in [0.2, 0.25) is 5.13 Å². The summed E-state index contributed by atoms with van der Waals surface area (Å²) >= 11 is 1.37. The smallest absolute Gasteiger partial charge is 0.203 e. The van der Waals surface area contributed by atoms with Crippen molar-refractivity contribution < 1.29 is 4.74 Å². The zero-order valence-corrected chi connectivity index (χ0v) is 8.10. The molecule has 4 nitrogen and oxygen atoms in total. The summed E-state index contributed by atoms with van der Waals surface area (Å²) < 4.78 is 5.44. The standard InChI is InChI=1S/C7H13N3OS/c1-3-5(2)11-4-6-9-10-7(8)12-6/h5H,3-4H2,1-2H3,(H2,8,10). The maximum atomic E-state index is 5.44. The topological polar surface area (TPSA) is 61.0 Å². The van der Waals surface area contributed by atoms with E-state index in [1.807, 2.05) is 6.92 Å². The fraction of sp³-hybridized carbons (Fsp3) is 0.714. The van der Waals surface area contributed by atoms with Crippen LogP contribution in [0, 0.1) is 0 Å². The second-order valence-corrected chi connectivity index (χ2v) is 3.66. The highest BCUT2D eigenvalue weighted by Gasteiger charge is 2.03. The van der Waals surface area contributed by atoms with Crippen LogP contribution >= 0.6 is 11.3 Å². The number of nitrogen functional groups attached to an aromatic ring is 1. The third-order valence-corrected chi connectivity index (χ3v) is 2.27. The quantitative estimate of drug-likeness (QED) is 0.774. The molecule has 0 aliphatic carbocycles. The maximum absolute atomic E-state index is 5.44. The van der Waals surface area contributed by atoms with E-state index in [9.17, 15) is 0 Å². The maximum Gasteiger partial charge on any atom is 0.203 e. The summed E-state index contributed by atoms with van der Waals surface area (Å²) in [6.07, 6.45) is 1.28. The molecule has 0 bridgehead atoms. The van der Waals surface area contributed by atoms with E-state index in [-0.39, 0.29) is 6.10 Å². The molecular formula is C7H13N3OS. The van der Waals surface area contributed by atoms with E-state index in [1.165, 1.54) is 11.3 Å². The highest BCUT2D eigenvalue weighted by atomic mass is 32.1. The molecule has 0 spiro atoms. The van der Waals surface area contributed by atoms with Crippen LogP contribution in [0.1, 0.15) is 25.3 Å². The lowest BCUT2D eigenvalue weighted by Gasteiger charge is -2.07. The first-order chi connectivity index (χ1) is 5.72. The van der Waals surface area contributed by atoms with Gasteiger partial charge in [0, 0.05) is 0 Å². The molecule has 0 amide bonds. The summed E-state index contributed by atoms with van der Waals surface area (Å²) in [4.78, 5) is 0. The first-order valence-electron chi connectivity index (χ1n) is 3.91. The Bertz CT molecular complexity index is 238. The summed E-state index contributed by atoms with van der Waals surface area (Å²) in [5, 5.41) is 8.87. The predicted molar refractivity (Wildman–Crippen MR) is 48.9 cm³/mol. The average molecular weight is 187 g/mol. The number of aromatic nitrogens is 2. The minimum absolute atomic E-state index is 0.273. The van der Waals surface area contributed by atoms with Gasteiger partial charge in [0.15, 0.2) is 0 Å². The Kier molecular flexibility index (Phi) is 3.43. The minimum Gasteiger partial charge on any atom is -0.374 e. The first kappa shape index (κ1) is 9.41. The van der Waals surface area contributed by atoms with Crippen LogP contribution in [0.5, 0.6) is 0 Å². The molecule has 1 aromatic rings. The molecular weight excluding hydrogens is 174 g/mol. The minimum atomic E-state index is 0.273. The van der Waals surface area contributed by atoms with Crippen LogP contribution < -0.4 is 5.73 Å². The predicted octanol–water partition coefficient (Wildman–Crippen LogP) is 1.44. The summed E-state index contributed by atoms with van der Waals surface area (Å²) in [5.41, 5.74) is 5.41. The zero-order chi connectivity index (χ0) is 8.97. The van der Waals surface area contributed by atoms with E-state index in [0.29, 0.717) is 11.7 Å². The van der Waals surface area contributed by atoms with Crippen LogP contribution in [0.15, 0.2) is 0 Å². The Morgan fingerprint density at radius 2 is 2.33 bits per heavy atom. The molecule has 12 heavy (non-hydrogen) atoms. The molecule has 1 aromatic heterocycles. The second-order valence-electron chi connectivity index (χ2n) is 2.56. The number of nitrogens with two attached hydrogens (primary N) is 1. The van der Waals surface area contributed by atoms with E-state index in [4.69, 9.17) is 10.5 Å². The van der Waals surface area contributed by atoms with Gasteiger partial charge in [0.25, 0.3) is 0 Å². The van der Waals surface area contributed by atoms with Gasteiger partial charge in [-0.2, -0.15) is 0 Å². The van der Waals surface area contributed by atoms with Gasteiger partial charge in [-0.1, -0.05) is 18.3 Å². The Balaban J connectivity index is 2.33. The molecule has 1 atom stereocenters. The molecule has 5 heteroatoms. The van der Waals surface area contributed by atoms with Gasteiger partial charge in [-0.3, -0.25) is 0 Å². The molecule has 1 unspecified atom stereocenters. The van der Waals surface area contributed by atoms with E-state index in [0.717, 1.165) is 11.4 Å². The van der Waals surface area contributed by atoms with Crippen molar-refractivity contribution in [2.45, 2.75) is 33.0 Å². The molecule has 68 valence electrons. The molecule has 0 aliphatic rings. The van der Waals surface area contributed by atoms with Gasteiger partial charge in [0.1, 0.15) is 11.6 Å². The SMILES string of the molecule is CCC(C)OCc1nnc(N)s1. The Morgan fingerprint density at radius 3 is 2.83 bits per heavy atom. The van der Waals surface area contributed by atoms with Crippen molar-refractivity contribution in [2.75, 3.05) is 5.73 Å². The van der Waals surface area contributed by atoms with Gasteiger partial charge in [-0.05, 0) is 13.3 Å². The van der Waals surface area contributed by atoms with Crippen molar-refractivity contribution in [1.82, 2.24) is 10.2 Å². The Labute approximate surface area is 75.8 Å². The summed E-state index contributed by atoms with van der Waals surface area (Å²) in [5.74, 6) is 0. The third kappa shape index (κ3) is 2.75. The fourth-order valence-corrected chi connectivity index (χ4v) is 1.19. The number of ether oxygens (including phenoxy) is 1. The molecule has 1 rings (SSSR count). The number of rotatable bonds is 4. The monoisotopic (exact) mass is 187 g/mol. The van der Waals surface area contributed by atoms with Crippen molar-refractivity contribution in [3.63, 3.8) is 0 Å². The Morgan fingerprint density at radius 1 is 1.58 bits per heavy atom. The number of hydrogen-bond donors (Lipinski definition) is 1. The molecule has 0 radical (unpaired) electrons. The summed E-state index contributed by atoms with van der Waals surface area (Å²) in [6.45, 7) is 4.63. The molecule has 0 fully saturated rings. The Hall–Kier alpha value is -0.680. The van der Waals surface area contributed by atoms with Gasteiger partial charge < -0.3 is 10.5 Å². The lowest BCUT2D eigenvalue weighted by atomic mass is 10.3.